The van der Waals surface area contributed by atoms with E-state index in [4.69, 9.17) is 0 Å². The highest BCUT2D eigenvalue weighted by Crippen LogP contribution is 2.34. The molecule has 1 aliphatic heterocycles. The summed E-state index contributed by atoms with van der Waals surface area (Å²) in [4.78, 5) is 11.8. The van der Waals surface area contributed by atoms with Crippen molar-refractivity contribution in [3.8, 4) is 0 Å². The number of hydrogen-bond acceptors (Lipinski definition) is 2. The van der Waals surface area contributed by atoms with E-state index in [2.05, 4.69) is 5.32 Å². The van der Waals surface area contributed by atoms with Gasteiger partial charge in [-0.2, -0.15) is 0 Å². The van der Waals surface area contributed by atoms with Crippen LogP contribution in [0, 0.1) is 0 Å². The molecule has 1 unspecified atom stereocenters. The normalized spacial score (nSPS) is 25.7. The van der Waals surface area contributed by atoms with Gasteiger partial charge in [-0.05, 0) is 42.9 Å². The van der Waals surface area contributed by atoms with Crippen LogP contribution in [0.4, 0.5) is 0 Å². The van der Waals surface area contributed by atoms with Gasteiger partial charge < -0.3 is 10.4 Å². The van der Waals surface area contributed by atoms with Gasteiger partial charge in [-0.25, -0.2) is 4.79 Å². The van der Waals surface area contributed by atoms with E-state index in [9.17, 15) is 9.90 Å². The Morgan fingerprint density at radius 1 is 1.16 bits per heavy atom. The maximum absolute atomic E-state index is 11.8. The van der Waals surface area contributed by atoms with E-state index in [1.165, 1.54) is 12.0 Å². The summed E-state index contributed by atoms with van der Waals surface area (Å²) >= 11 is 0. The van der Waals surface area contributed by atoms with Gasteiger partial charge in [-0.1, -0.05) is 36.4 Å². The Balaban J connectivity index is 2.04. The lowest BCUT2D eigenvalue weighted by Crippen LogP contribution is -2.49. The molecule has 0 aromatic heterocycles. The monoisotopic (exact) mass is 255 g/mol. The van der Waals surface area contributed by atoms with E-state index in [-0.39, 0.29) is 0 Å². The summed E-state index contributed by atoms with van der Waals surface area (Å²) in [5.41, 5.74) is 2.02. The quantitative estimate of drug-likeness (QED) is 0.854. The minimum absolute atomic E-state index is 0.774. The second kappa shape index (κ2) is 4.57. The van der Waals surface area contributed by atoms with Crippen LogP contribution in [0.3, 0.4) is 0 Å². The molecule has 0 saturated heterocycles. The molecular formula is C16H17NO2. The summed E-state index contributed by atoms with van der Waals surface area (Å²) in [6, 6.07) is 9.37. The number of dihydropyridines is 1. The van der Waals surface area contributed by atoms with Gasteiger partial charge >= 0.3 is 5.97 Å². The van der Waals surface area contributed by atoms with Crippen molar-refractivity contribution in [3.05, 3.63) is 59.3 Å². The van der Waals surface area contributed by atoms with Gasteiger partial charge in [0.05, 0.1) is 0 Å². The Morgan fingerprint density at radius 3 is 2.63 bits per heavy atom. The molecule has 2 N–H and O–H groups in total. The second-order valence-corrected chi connectivity index (χ2v) is 5.15. The molecule has 1 atom stereocenters. The smallest absolute Gasteiger partial charge is 0.338 e. The molecule has 0 spiro atoms. The zero-order valence-corrected chi connectivity index (χ0v) is 10.7. The highest BCUT2D eigenvalue weighted by Gasteiger charge is 2.40. The lowest BCUT2D eigenvalue weighted by molar-refractivity contribution is -0.143. The third kappa shape index (κ3) is 1.95. The van der Waals surface area contributed by atoms with Crippen LogP contribution in [-0.4, -0.2) is 11.1 Å². The molecule has 0 saturated carbocycles. The van der Waals surface area contributed by atoms with Crippen molar-refractivity contribution < 1.29 is 9.90 Å². The van der Waals surface area contributed by atoms with Crippen LogP contribution in [0.5, 0.6) is 0 Å². The van der Waals surface area contributed by atoms with Gasteiger partial charge in [0.2, 0.25) is 0 Å². The third-order valence-electron chi connectivity index (χ3n) is 3.96. The molecule has 2 aliphatic rings. The van der Waals surface area contributed by atoms with Gasteiger partial charge in [0.25, 0.3) is 0 Å². The van der Waals surface area contributed by atoms with Crippen molar-refractivity contribution in [2.75, 3.05) is 0 Å². The fraction of sp³-hybridized carbons (Fsp3) is 0.312. The number of benzene rings is 1. The Morgan fingerprint density at radius 2 is 1.89 bits per heavy atom. The predicted molar refractivity (Wildman–Crippen MR) is 73.5 cm³/mol. The van der Waals surface area contributed by atoms with Crippen LogP contribution in [0.2, 0.25) is 0 Å². The van der Waals surface area contributed by atoms with Gasteiger partial charge in [0.15, 0.2) is 5.54 Å². The SMILES string of the molecule is O=C(O)C1(c2ccccc2)C=CC2=C(CCCC2)N1. The zero-order chi connectivity index (χ0) is 13.3. The lowest BCUT2D eigenvalue weighted by Gasteiger charge is -2.36. The number of rotatable bonds is 2. The molecule has 0 radical (unpaired) electrons. The molecule has 19 heavy (non-hydrogen) atoms. The summed E-state index contributed by atoms with van der Waals surface area (Å²) in [5.74, 6) is -0.855. The standard InChI is InChI=1S/C16H17NO2/c18-15(19)16(13-7-2-1-3-8-13)11-10-12-6-4-5-9-14(12)17-16/h1-3,7-8,10-11,17H,4-6,9H2,(H,18,19). The topological polar surface area (TPSA) is 49.3 Å². The molecule has 3 nitrogen and oxygen atoms in total. The summed E-state index contributed by atoms with van der Waals surface area (Å²) in [6.07, 6.45) is 8.09. The van der Waals surface area contributed by atoms with Crippen molar-refractivity contribution in [1.82, 2.24) is 5.32 Å². The number of carboxylic acid groups (broad SMARTS) is 1. The van der Waals surface area contributed by atoms with E-state index < -0.39 is 11.5 Å². The maximum Gasteiger partial charge on any atom is 0.338 e. The molecule has 3 rings (SSSR count). The third-order valence-corrected chi connectivity index (χ3v) is 3.96. The van der Waals surface area contributed by atoms with E-state index in [1.807, 2.05) is 36.4 Å². The van der Waals surface area contributed by atoms with E-state index in [0.29, 0.717) is 0 Å². The average molecular weight is 255 g/mol. The zero-order valence-electron chi connectivity index (χ0n) is 10.7. The largest absolute Gasteiger partial charge is 0.479 e. The summed E-state index contributed by atoms with van der Waals surface area (Å²) in [5, 5.41) is 13.0. The number of aliphatic carboxylic acids is 1. The van der Waals surface area contributed by atoms with Crippen molar-refractivity contribution in [2.24, 2.45) is 0 Å². The van der Waals surface area contributed by atoms with Gasteiger partial charge in [-0.15, -0.1) is 0 Å². The lowest BCUT2D eigenvalue weighted by atomic mass is 9.82. The average Bonchev–Trinajstić information content (AvgIpc) is 2.47. The van der Waals surface area contributed by atoms with Crippen molar-refractivity contribution >= 4 is 5.97 Å². The molecule has 98 valence electrons. The first-order valence-electron chi connectivity index (χ1n) is 6.71. The molecule has 0 bridgehead atoms. The second-order valence-electron chi connectivity index (χ2n) is 5.15. The van der Waals surface area contributed by atoms with Crippen LogP contribution in [0.15, 0.2) is 53.8 Å². The number of carboxylic acids is 1. The Hall–Kier alpha value is -2.03. The highest BCUT2D eigenvalue weighted by molar-refractivity contribution is 5.84. The molecule has 1 heterocycles. The number of nitrogens with one attached hydrogen (secondary N) is 1. The molecule has 0 amide bonds. The predicted octanol–water partition coefficient (Wildman–Crippen LogP) is 2.95. The summed E-state index contributed by atoms with van der Waals surface area (Å²) in [6.45, 7) is 0. The minimum Gasteiger partial charge on any atom is -0.479 e. The Kier molecular flexibility index (Phi) is 2.90. The van der Waals surface area contributed by atoms with Crippen LogP contribution in [0.25, 0.3) is 0 Å². The molecular weight excluding hydrogens is 238 g/mol. The van der Waals surface area contributed by atoms with Crippen molar-refractivity contribution in [2.45, 2.75) is 31.2 Å². The number of carbonyl (C=O) groups is 1. The van der Waals surface area contributed by atoms with Crippen molar-refractivity contribution in [1.29, 1.82) is 0 Å². The first kappa shape index (κ1) is 12.0. The molecule has 0 fully saturated rings. The van der Waals surface area contributed by atoms with E-state index in [0.717, 1.165) is 30.5 Å². The molecule has 1 aromatic rings. The van der Waals surface area contributed by atoms with E-state index in [1.54, 1.807) is 6.08 Å². The fourth-order valence-electron chi connectivity index (χ4n) is 2.88. The highest BCUT2D eigenvalue weighted by atomic mass is 16.4. The van der Waals surface area contributed by atoms with Gasteiger partial charge in [0, 0.05) is 5.70 Å². The molecule has 3 heteroatoms. The van der Waals surface area contributed by atoms with E-state index >= 15 is 0 Å². The van der Waals surface area contributed by atoms with Gasteiger partial charge in [-0.3, -0.25) is 0 Å². The maximum atomic E-state index is 11.8. The Bertz CT molecular complexity index is 559. The number of hydrogen-bond donors (Lipinski definition) is 2. The van der Waals surface area contributed by atoms with Crippen molar-refractivity contribution in [3.63, 3.8) is 0 Å². The molecule has 1 aromatic carbocycles. The first-order chi connectivity index (χ1) is 9.22. The summed E-state index contributed by atoms with van der Waals surface area (Å²) < 4.78 is 0. The first-order valence-corrected chi connectivity index (χ1v) is 6.71. The Labute approximate surface area is 112 Å². The minimum atomic E-state index is -1.11. The summed E-state index contributed by atoms with van der Waals surface area (Å²) in [7, 11) is 0. The number of allylic oxidation sites excluding steroid dienone is 3. The van der Waals surface area contributed by atoms with Crippen LogP contribution in [0.1, 0.15) is 31.2 Å². The fourth-order valence-corrected chi connectivity index (χ4v) is 2.88. The van der Waals surface area contributed by atoms with Gasteiger partial charge in [0.1, 0.15) is 0 Å². The molecule has 1 aliphatic carbocycles. The van der Waals surface area contributed by atoms with Crippen LogP contribution < -0.4 is 5.32 Å². The van der Waals surface area contributed by atoms with Crippen LogP contribution in [-0.2, 0) is 10.3 Å². The van der Waals surface area contributed by atoms with Crippen LogP contribution >= 0.6 is 0 Å².